The molecule has 0 bridgehead atoms. The van der Waals surface area contributed by atoms with E-state index in [1.165, 1.54) is 18.2 Å². The van der Waals surface area contributed by atoms with E-state index in [4.69, 9.17) is 0 Å². The standard InChI is InChI=1S/C13H17BrFNO/c1-8(2)9(3)7-16-13(17)10-4-5-12(15)11(14)6-10/h4-6,8-9H,7H2,1-3H3,(H,16,17). The summed E-state index contributed by atoms with van der Waals surface area (Å²) in [5.41, 5.74) is 0.467. The SMILES string of the molecule is CC(C)C(C)CNC(=O)c1ccc(F)c(Br)c1. The summed E-state index contributed by atoms with van der Waals surface area (Å²) in [7, 11) is 0. The van der Waals surface area contributed by atoms with Crippen LogP contribution in [-0.4, -0.2) is 12.5 Å². The Morgan fingerprint density at radius 3 is 2.59 bits per heavy atom. The predicted molar refractivity (Wildman–Crippen MR) is 70.4 cm³/mol. The number of amides is 1. The van der Waals surface area contributed by atoms with E-state index in [2.05, 4.69) is 42.0 Å². The molecule has 0 radical (unpaired) electrons. The van der Waals surface area contributed by atoms with E-state index in [1.54, 1.807) is 0 Å². The highest BCUT2D eigenvalue weighted by molar-refractivity contribution is 9.10. The average Bonchev–Trinajstić information content (AvgIpc) is 2.28. The van der Waals surface area contributed by atoms with Crippen LogP contribution in [0.1, 0.15) is 31.1 Å². The number of carbonyl (C=O) groups is 1. The first-order chi connectivity index (χ1) is 7.91. The van der Waals surface area contributed by atoms with Crippen molar-refractivity contribution in [3.63, 3.8) is 0 Å². The predicted octanol–water partition coefficient (Wildman–Crippen LogP) is 3.61. The maximum atomic E-state index is 13.0. The maximum Gasteiger partial charge on any atom is 0.251 e. The third-order valence-electron chi connectivity index (χ3n) is 2.90. The molecule has 1 atom stereocenters. The van der Waals surface area contributed by atoms with Gasteiger partial charge >= 0.3 is 0 Å². The van der Waals surface area contributed by atoms with Crippen molar-refractivity contribution in [3.8, 4) is 0 Å². The Morgan fingerprint density at radius 2 is 2.06 bits per heavy atom. The first-order valence-corrected chi connectivity index (χ1v) is 6.44. The van der Waals surface area contributed by atoms with Crippen molar-refractivity contribution in [2.75, 3.05) is 6.54 Å². The Bertz CT molecular complexity index is 406. The van der Waals surface area contributed by atoms with Gasteiger partial charge in [-0.25, -0.2) is 4.39 Å². The second-order valence-corrected chi connectivity index (χ2v) is 5.41. The molecule has 0 saturated carbocycles. The van der Waals surface area contributed by atoms with Crippen LogP contribution in [0, 0.1) is 17.7 Å². The lowest BCUT2D eigenvalue weighted by atomic mass is 9.98. The minimum atomic E-state index is -0.364. The third-order valence-corrected chi connectivity index (χ3v) is 3.51. The van der Waals surface area contributed by atoms with Gasteiger partial charge in [-0.1, -0.05) is 20.8 Å². The van der Waals surface area contributed by atoms with Crippen LogP contribution in [0.4, 0.5) is 4.39 Å². The van der Waals surface area contributed by atoms with Crippen molar-refractivity contribution in [2.45, 2.75) is 20.8 Å². The summed E-state index contributed by atoms with van der Waals surface area (Å²) < 4.78 is 13.3. The van der Waals surface area contributed by atoms with Gasteiger partial charge in [-0.05, 0) is 46.0 Å². The van der Waals surface area contributed by atoms with E-state index in [0.717, 1.165) is 0 Å². The summed E-state index contributed by atoms with van der Waals surface area (Å²) in [6.07, 6.45) is 0. The molecule has 94 valence electrons. The average molecular weight is 302 g/mol. The Balaban J connectivity index is 2.61. The van der Waals surface area contributed by atoms with Gasteiger partial charge in [0.15, 0.2) is 0 Å². The molecule has 1 amide bonds. The number of halogens is 2. The minimum absolute atomic E-state index is 0.168. The second kappa shape index (κ2) is 6.15. The molecule has 0 spiro atoms. The van der Waals surface area contributed by atoms with Crippen LogP contribution in [0.5, 0.6) is 0 Å². The fraction of sp³-hybridized carbons (Fsp3) is 0.462. The number of rotatable bonds is 4. The number of hydrogen-bond donors (Lipinski definition) is 1. The Labute approximate surface area is 110 Å². The molecule has 0 aromatic heterocycles. The molecule has 0 aliphatic carbocycles. The lowest BCUT2D eigenvalue weighted by Gasteiger charge is -2.16. The van der Waals surface area contributed by atoms with Crippen molar-refractivity contribution < 1.29 is 9.18 Å². The number of nitrogens with one attached hydrogen (secondary N) is 1. The fourth-order valence-electron chi connectivity index (χ4n) is 1.23. The van der Waals surface area contributed by atoms with Crippen LogP contribution >= 0.6 is 15.9 Å². The zero-order valence-corrected chi connectivity index (χ0v) is 11.8. The molecule has 4 heteroatoms. The van der Waals surface area contributed by atoms with Gasteiger partial charge < -0.3 is 5.32 Å². The molecule has 0 heterocycles. The molecular formula is C13H17BrFNO. The molecular weight excluding hydrogens is 285 g/mol. The Kier molecular flexibility index (Phi) is 5.12. The minimum Gasteiger partial charge on any atom is -0.352 e. The number of hydrogen-bond acceptors (Lipinski definition) is 1. The molecule has 17 heavy (non-hydrogen) atoms. The first-order valence-electron chi connectivity index (χ1n) is 5.65. The van der Waals surface area contributed by atoms with E-state index in [9.17, 15) is 9.18 Å². The zero-order chi connectivity index (χ0) is 13.0. The summed E-state index contributed by atoms with van der Waals surface area (Å²) in [5, 5.41) is 2.84. The van der Waals surface area contributed by atoms with Crippen LogP contribution < -0.4 is 5.32 Å². The first kappa shape index (κ1) is 14.2. The van der Waals surface area contributed by atoms with Crippen molar-refractivity contribution >= 4 is 21.8 Å². The molecule has 1 aromatic rings. The topological polar surface area (TPSA) is 29.1 Å². The van der Waals surface area contributed by atoms with E-state index in [-0.39, 0.29) is 11.7 Å². The smallest absolute Gasteiger partial charge is 0.251 e. The van der Waals surface area contributed by atoms with Crippen molar-refractivity contribution in [2.24, 2.45) is 11.8 Å². The summed E-state index contributed by atoms with van der Waals surface area (Å²) in [6, 6.07) is 4.26. The molecule has 0 aliphatic rings. The largest absolute Gasteiger partial charge is 0.352 e. The van der Waals surface area contributed by atoms with Crippen LogP contribution in [0.25, 0.3) is 0 Å². The monoisotopic (exact) mass is 301 g/mol. The molecule has 1 rings (SSSR count). The fourth-order valence-corrected chi connectivity index (χ4v) is 1.61. The molecule has 1 unspecified atom stereocenters. The van der Waals surface area contributed by atoms with Gasteiger partial charge in [-0.2, -0.15) is 0 Å². The van der Waals surface area contributed by atoms with Crippen LogP contribution in [0.2, 0.25) is 0 Å². The van der Waals surface area contributed by atoms with Gasteiger partial charge in [-0.15, -0.1) is 0 Å². The summed E-state index contributed by atoms with van der Waals surface area (Å²) >= 11 is 3.06. The van der Waals surface area contributed by atoms with Gasteiger partial charge in [0, 0.05) is 12.1 Å². The highest BCUT2D eigenvalue weighted by Gasteiger charge is 2.11. The quantitative estimate of drug-likeness (QED) is 0.904. The maximum absolute atomic E-state index is 13.0. The number of benzene rings is 1. The van der Waals surface area contributed by atoms with E-state index >= 15 is 0 Å². The lowest BCUT2D eigenvalue weighted by molar-refractivity contribution is 0.0945. The third kappa shape index (κ3) is 4.11. The van der Waals surface area contributed by atoms with Gasteiger partial charge in [0.05, 0.1) is 4.47 Å². The van der Waals surface area contributed by atoms with Gasteiger partial charge in [0.1, 0.15) is 5.82 Å². The number of carbonyl (C=O) groups excluding carboxylic acids is 1. The zero-order valence-electron chi connectivity index (χ0n) is 10.3. The van der Waals surface area contributed by atoms with Crippen molar-refractivity contribution in [1.82, 2.24) is 5.32 Å². The van der Waals surface area contributed by atoms with Gasteiger partial charge in [0.2, 0.25) is 0 Å². The van der Waals surface area contributed by atoms with E-state index < -0.39 is 0 Å². The Hall–Kier alpha value is -0.900. The van der Waals surface area contributed by atoms with Crippen molar-refractivity contribution in [3.05, 3.63) is 34.1 Å². The van der Waals surface area contributed by atoms with Crippen molar-refractivity contribution in [1.29, 1.82) is 0 Å². The molecule has 2 nitrogen and oxygen atoms in total. The molecule has 1 N–H and O–H groups in total. The lowest BCUT2D eigenvalue weighted by Crippen LogP contribution is -2.30. The van der Waals surface area contributed by atoms with E-state index in [0.29, 0.717) is 28.4 Å². The normalized spacial score (nSPS) is 12.6. The van der Waals surface area contributed by atoms with Crippen LogP contribution in [0.3, 0.4) is 0 Å². The second-order valence-electron chi connectivity index (χ2n) is 4.56. The molecule has 0 aliphatic heterocycles. The summed E-state index contributed by atoms with van der Waals surface area (Å²) in [6.45, 7) is 6.95. The molecule has 0 saturated heterocycles. The highest BCUT2D eigenvalue weighted by atomic mass is 79.9. The van der Waals surface area contributed by atoms with Crippen LogP contribution in [0.15, 0.2) is 22.7 Å². The van der Waals surface area contributed by atoms with Gasteiger partial charge in [0.25, 0.3) is 5.91 Å². The van der Waals surface area contributed by atoms with Crippen LogP contribution in [-0.2, 0) is 0 Å². The highest BCUT2D eigenvalue weighted by Crippen LogP contribution is 2.17. The summed E-state index contributed by atoms with van der Waals surface area (Å²) in [5.74, 6) is 0.411. The molecule has 0 fully saturated rings. The summed E-state index contributed by atoms with van der Waals surface area (Å²) in [4.78, 5) is 11.8. The van der Waals surface area contributed by atoms with Gasteiger partial charge in [-0.3, -0.25) is 4.79 Å². The molecule has 1 aromatic carbocycles. The van der Waals surface area contributed by atoms with E-state index in [1.807, 2.05) is 0 Å². The Morgan fingerprint density at radius 1 is 1.41 bits per heavy atom.